The smallest absolute Gasteiger partial charge is 0.230 e. The molecule has 0 radical (unpaired) electrons. The number of thioether (sulfide) groups is 1. The second kappa shape index (κ2) is 8.16. The lowest BCUT2D eigenvalue weighted by Gasteiger charge is -2.21. The van der Waals surface area contributed by atoms with E-state index in [0.29, 0.717) is 5.75 Å². The molecule has 100 valence electrons. The molecule has 0 unspecified atom stereocenters. The average Bonchev–Trinajstić information content (AvgIpc) is 2.35. The van der Waals surface area contributed by atoms with Crippen LogP contribution in [0, 0.1) is 0 Å². The van der Waals surface area contributed by atoms with Gasteiger partial charge in [-0.2, -0.15) is 11.8 Å². The van der Waals surface area contributed by atoms with Crippen molar-refractivity contribution in [3.05, 3.63) is 35.9 Å². The van der Waals surface area contributed by atoms with Crippen molar-refractivity contribution in [3.63, 3.8) is 0 Å². The summed E-state index contributed by atoms with van der Waals surface area (Å²) in [4.78, 5) is 13.9. The maximum atomic E-state index is 11.7. The Morgan fingerprint density at radius 2 is 2.00 bits per heavy atom. The standard InChI is InChI=1S/C14H22N2OS/c1-16(2)10-9-13(15-14(17)11-18-3)12-7-5-4-6-8-12/h4-8,13H,9-11H2,1-3H3,(H,15,17)/t13-/m0/s1. The van der Waals surface area contributed by atoms with E-state index in [1.165, 1.54) is 5.56 Å². The van der Waals surface area contributed by atoms with E-state index < -0.39 is 0 Å². The first-order valence-corrected chi connectivity index (χ1v) is 7.51. The third-order valence-electron chi connectivity index (χ3n) is 2.68. The Hall–Kier alpha value is -1.00. The number of benzene rings is 1. The summed E-state index contributed by atoms with van der Waals surface area (Å²) < 4.78 is 0. The third kappa shape index (κ3) is 5.56. The van der Waals surface area contributed by atoms with E-state index >= 15 is 0 Å². The van der Waals surface area contributed by atoms with Crippen LogP contribution in [0.15, 0.2) is 30.3 Å². The fraction of sp³-hybridized carbons (Fsp3) is 0.500. The molecule has 1 rings (SSSR count). The molecule has 3 nitrogen and oxygen atoms in total. The van der Waals surface area contributed by atoms with Crippen LogP contribution in [0.1, 0.15) is 18.0 Å². The van der Waals surface area contributed by atoms with E-state index in [4.69, 9.17) is 0 Å². The van der Waals surface area contributed by atoms with Gasteiger partial charge in [0.2, 0.25) is 5.91 Å². The minimum atomic E-state index is 0.105. The van der Waals surface area contributed by atoms with E-state index in [0.717, 1.165) is 13.0 Å². The van der Waals surface area contributed by atoms with Gasteiger partial charge in [0.05, 0.1) is 11.8 Å². The zero-order valence-corrected chi connectivity index (χ0v) is 12.2. The van der Waals surface area contributed by atoms with Crippen LogP contribution in [0.2, 0.25) is 0 Å². The summed E-state index contributed by atoms with van der Waals surface area (Å²) in [6, 6.07) is 10.3. The van der Waals surface area contributed by atoms with Crippen LogP contribution >= 0.6 is 11.8 Å². The van der Waals surface area contributed by atoms with Gasteiger partial charge in [0.15, 0.2) is 0 Å². The predicted molar refractivity (Wildman–Crippen MR) is 78.9 cm³/mol. The van der Waals surface area contributed by atoms with Crippen LogP contribution in [-0.4, -0.2) is 43.5 Å². The first-order chi connectivity index (χ1) is 8.63. The summed E-state index contributed by atoms with van der Waals surface area (Å²) in [5.74, 6) is 0.626. The lowest BCUT2D eigenvalue weighted by atomic mass is 10.0. The molecule has 4 heteroatoms. The Morgan fingerprint density at radius 1 is 1.33 bits per heavy atom. The Bertz CT molecular complexity index is 354. The molecule has 0 aliphatic heterocycles. The summed E-state index contributed by atoms with van der Waals surface area (Å²) in [6.07, 6.45) is 2.87. The zero-order chi connectivity index (χ0) is 13.4. The van der Waals surface area contributed by atoms with Gasteiger partial charge >= 0.3 is 0 Å². The largest absolute Gasteiger partial charge is 0.349 e. The summed E-state index contributed by atoms with van der Waals surface area (Å²) in [5.41, 5.74) is 1.17. The van der Waals surface area contributed by atoms with Gasteiger partial charge in [-0.15, -0.1) is 0 Å². The second-order valence-corrected chi connectivity index (χ2v) is 5.42. The zero-order valence-electron chi connectivity index (χ0n) is 11.3. The van der Waals surface area contributed by atoms with Crippen molar-refractivity contribution in [2.24, 2.45) is 0 Å². The van der Waals surface area contributed by atoms with Crippen LogP contribution in [0.5, 0.6) is 0 Å². The normalized spacial score (nSPS) is 12.4. The molecule has 0 saturated carbocycles. The van der Waals surface area contributed by atoms with Crippen LogP contribution < -0.4 is 5.32 Å². The minimum Gasteiger partial charge on any atom is -0.349 e. The lowest BCUT2D eigenvalue weighted by Crippen LogP contribution is -2.32. The van der Waals surface area contributed by atoms with Crippen LogP contribution in [0.3, 0.4) is 0 Å². The number of rotatable bonds is 7. The molecule has 0 aliphatic rings. The maximum absolute atomic E-state index is 11.7. The van der Waals surface area contributed by atoms with Gasteiger partial charge in [0, 0.05) is 0 Å². The van der Waals surface area contributed by atoms with Crippen LogP contribution in [-0.2, 0) is 4.79 Å². The molecular formula is C14H22N2OS. The third-order valence-corrected chi connectivity index (χ3v) is 3.23. The highest BCUT2D eigenvalue weighted by molar-refractivity contribution is 7.99. The van der Waals surface area contributed by atoms with Gasteiger partial charge < -0.3 is 10.2 Å². The molecule has 0 saturated heterocycles. The fourth-order valence-corrected chi connectivity index (χ4v) is 2.11. The number of carbonyl (C=O) groups is 1. The van der Waals surface area contributed by atoms with Crippen LogP contribution in [0.4, 0.5) is 0 Å². The Labute approximate surface area is 114 Å². The highest BCUT2D eigenvalue weighted by Crippen LogP contribution is 2.16. The molecule has 0 aliphatic carbocycles. The van der Waals surface area contributed by atoms with Gasteiger partial charge in [0.25, 0.3) is 0 Å². The quantitative estimate of drug-likeness (QED) is 0.821. The average molecular weight is 266 g/mol. The molecule has 0 aromatic heterocycles. The van der Waals surface area contributed by atoms with E-state index in [-0.39, 0.29) is 11.9 Å². The lowest BCUT2D eigenvalue weighted by molar-refractivity contribution is -0.119. The van der Waals surface area contributed by atoms with Crippen molar-refractivity contribution >= 4 is 17.7 Å². The van der Waals surface area contributed by atoms with E-state index in [2.05, 4.69) is 22.3 Å². The molecule has 1 aromatic carbocycles. The number of nitrogens with one attached hydrogen (secondary N) is 1. The van der Waals surface area contributed by atoms with E-state index in [1.54, 1.807) is 11.8 Å². The highest BCUT2D eigenvalue weighted by atomic mass is 32.2. The summed E-state index contributed by atoms with van der Waals surface area (Å²) >= 11 is 1.55. The summed E-state index contributed by atoms with van der Waals surface area (Å²) in [7, 11) is 4.09. The Balaban J connectivity index is 2.66. The van der Waals surface area contributed by atoms with Gasteiger partial charge in [-0.05, 0) is 38.9 Å². The molecule has 1 aromatic rings. The molecule has 0 spiro atoms. The minimum absolute atomic E-state index is 0.105. The molecule has 1 N–H and O–H groups in total. The molecule has 1 atom stereocenters. The van der Waals surface area contributed by atoms with Crippen molar-refractivity contribution < 1.29 is 4.79 Å². The number of carbonyl (C=O) groups excluding carboxylic acids is 1. The van der Waals surface area contributed by atoms with Gasteiger partial charge in [0.1, 0.15) is 0 Å². The number of hydrogen-bond acceptors (Lipinski definition) is 3. The number of amides is 1. The fourth-order valence-electron chi connectivity index (χ4n) is 1.76. The Kier molecular flexibility index (Phi) is 6.83. The first kappa shape index (κ1) is 15.1. The number of hydrogen-bond donors (Lipinski definition) is 1. The molecule has 0 fully saturated rings. The Morgan fingerprint density at radius 3 is 2.56 bits per heavy atom. The van der Waals surface area contributed by atoms with Gasteiger partial charge in [-0.1, -0.05) is 30.3 Å². The first-order valence-electron chi connectivity index (χ1n) is 6.11. The highest BCUT2D eigenvalue weighted by Gasteiger charge is 2.14. The van der Waals surface area contributed by atoms with Crippen LogP contribution in [0.25, 0.3) is 0 Å². The molecular weight excluding hydrogens is 244 g/mol. The van der Waals surface area contributed by atoms with Crippen molar-refractivity contribution in [2.75, 3.05) is 32.6 Å². The number of nitrogens with zero attached hydrogens (tertiary/aromatic N) is 1. The van der Waals surface area contributed by atoms with Crippen molar-refractivity contribution in [3.8, 4) is 0 Å². The monoisotopic (exact) mass is 266 g/mol. The topological polar surface area (TPSA) is 32.3 Å². The summed E-state index contributed by atoms with van der Waals surface area (Å²) in [5, 5.41) is 3.10. The van der Waals surface area contributed by atoms with E-state index in [1.807, 2.05) is 38.6 Å². The maximum Gasteiger partial charge on any atom is 0.230 e. The molecule has 0 heterocycles. The van der Waals surface area contributed by atoms with Crippen molar-refractivity contribution in [1.29, 1.82) is 0 Å². The van der Waals surface area contributed by atoms with Crippen molar-refractivity contribution in [1.82, 2.24) is 10.2 Å². The molecule has 0 bridgehead atoms. The second-order valence-electron chi connectivity index (χ2n) is 4.56. The predicted octanol–water partition coefficient (Wildman–Crippen LogP) is 2.16. The van der Waals surface area contributed by atoms with E-state index in [9.17, 15) is 4.79 Å². The van der Waals surface area contributed by atoms with Gasteiger partial charge in [-0.3, -0.25) is 4.79 Å². The van der Waals surface area contributed by atoms with Crippen molar-refractivity contribution in [2.45, 2.75) is 12.5 Å². The summed E-state index contributed by atoms with van der Waals surface area (Å²) in [6.45, 7) is 0.957. The molecule has 1 amide bonds. The van der Waals surface area contributed by atoms with Gasteiger partial charge in [-0.25, -0.2) is 0 Å². The SMILES string of the molecule is CSCC(=O)N[C@@H](CCN(C)C)c1ccccc1. The molecule has 18 heavy (non-hydrogen) atoms.